The molecule has 2 rings (SSSR count). The van der Waals surface area contributed by atoms with E-state index >= 15 is 0 Å². The van der Waals surface area contributed by atoms with Gasteiger partial charge < -0.3 is 20.5 Å². The molecule has 3 N–H and O–H groups in total. The largest absolute Gasteiger partial charge is 0.490 e. The standard InChI is InChI=1S/C18H28N2O5S/c1-2-3-5-14(13-19)20-18(21)8-11-26(22,23)15-6-7-16-17(12-15)25-10-4-9-24-16/h6-7,12,14H,2-5,8-11,13,19H2,1H3,(H,20,21). The number of amides is 1. The van der Waals surface area contributed by atoms with Crippen molar-refractivity contribution in [2.24, 2.45) is 5.73 Å². The Hall–Kier alpha value is -1.80. The van der Waals surface area contributed by atoms with Gasteiger partial charge in [-0.1, -0.05) is 19.8 Å². The van der Waals surface area contributed by atoms with Crippen LogP contribution >= 0.6 is 0 Å². The van der Waals surface area contributed by atoms with E-state index in [1.54, 1.807) is 6.07 Å². The molecule has 0 saturated carbocycles. The van der Waals surface area contributed by atoms with Gasteiger partial charge in [0.15, 0.2) is 21.3 Å². The van der Waals surface area contributed by atoms with Gasteiger partial charge in [-0.25, -0.2) is 8.42 Å². The fraction of sp³-hybridized carbons (Fsp3) is 0.611. The first-order valence-corrected chi connectivity index (χ1v) is 10.7. The first-order chi connectivity index (χ1) is 12.5. The van der Waals surface area contributed by atoms with Gasteiger partial charge >= 0.3 is 0 Å². The number of benzene rings is 1. The molecule has 0 fully saturated rings. The molecule has 0 radical (unpaired) electrons. The van der Waals surface area contributed by atoms with Gasteiger partial charge in [-0.05, 0) is 18.6 Å². The molecule has 1 aromatic rings. The van der Waals surface area contributed by atoms with Crippen molar-refractivity contribution in [3.8, 4) is 11.5 Å². The molecule has 7 nitrogen and oxygen atoms in total. The van der Waals surface area contributed by atoms with E-state index in [-0.39, 0.29) is 29.0 Å². The van der Waals surface area contributed by atoms with Crippen molar-refractivity contribution in [1.29, 1.82) is 0 Å². The van der Waals surface area contributed by atoms with Crippen LogP contribution in [0.25, 0.3) is 0 Å². The second kappa shape index (κ2) is 9.78. The highest BCUT2D eigenvalue weighted by Gasteiger charge is 2.21. The summed E-state index contributed by atoms with van der Waals surface area (Å²) >= 11 is 0. The number of hydrogen-bond acceptors (Lipinski definition) is 6. The summed E-state index contributed by atoms with van der Waals surface area (Å²) in [7, 11) is -3.59. The van der Waals surface area contributed by atoms with Crippen LogP contribution in [0.5, 0.6) is 11.5 Å². The minimum absolute atomic E-state index is 0.0978. The molecular formula is C18H28N2O5S. The average Bonchev–Trinajstić information content (AvgIpc) is 2.88. The van der Waals surface area contributed by atoms with Crippen LogP contribution in [0.15, 0.2) is 23.1 Å². The predicted octanol–water partition coefficient (Wildman–Crippen LogP) is 1.65. The third-order valence-corrected chi connectivity index (χ3v) is 5.95. The monoisotopic (exact) mass is 384 g/mol. The van der Waals surface area contributed by atoms with E-state index in [1.807, 2.05) is 0 Å². The second-order valence-electron chi connectivity index (χ2n) is 6.37. The molecule has 1 aliphatic heterocycles. The van der Waals surface area contributed by atoms with Crippen molar-refractivity contribution in [3.05, 3.63) is 18.2 Å². The van der Waals surface area contributed by atoms with E-state index < -0.39 is 9.84 Å². The third kappa shape index (κ3) is 5.88. The Labute approximate surface area is 155 Å². The third-order valence-electron chi connectivity index (χ3n) is 4.23. The van der Waals surface area contributed by atoms with Crippen molar-refractivity contribution in [2.75, 3.05) is 25.5 Å². The molecule has 1 unspecified atom stereocenters. The minimum Gasteiger partial charge on any atom is -0.490 e. The van der Waals surface area contributed by atoms with Crippen molar-refractivity contribution < 1.29 is 22.7 Å². The highest BCUT2D eigenvalue weighted by Crippen LogP contribution is 2.32. The quantitative estimate of drug-likeness (QED) is 0.670. The van der Waals surface area contributed by atoms with Crippen LogP contribution in [0.2, 0.25) is 0 Å². The maximum atomic E-state index is 12.5. The summed E-state index contributed by atoms with van der Waals surface area (Å²) < 4.78 is 36.1. The lowest BCUT2D eigenvalue weighted by Crippen LogP contribution is -2.40. The highest BCUT2D eigenvalue weighted by atomic mass is 32.2. The number of carbonyl (C=O) groups excluding carboxylic acids is 1. The fourth-order valence-corrected chi connectivity index (χ4v) is 3.93. The summed E-state index contributed by atoms with van der Waals surface area (Å²) in [5, 5.41) is 2.81. The van der Waals surface area contributed by atoms with Gasteiger partial charge in [0.2, 0.25) is 5.91 Å². The summed E-state index contributed by atoms with van der Waals surface area (Å²) in [5.74, 6) is 0.412. The van der Waals surface area contributed by atoms with Crippen LogP contribution in [0, 0.1) is 0 Å². The number of hydrogen-bond donors (Lipinski definition) is 2. The molecule has 0 saturated heterocycles. The number of nitrogens with one attached hydrogen (secondary N) is 1. The SMILES string of the molecule is CCCCC(CN)NC(=O)CCS(=O)(=O)c1ccc2c(c1)OCCCO2. The van der Waals surface area contributed by atoms with Crippen LogP contribution in [0.4, 0.5) is 0 Å². The summed E-state index contributed by atoms with van der Waals surface area (Å²) in [5.41, 5.74) is 5.65. The van der Waals surface area contributed by atoms with Crippen molar-refractivity contribution in [2.45, 2.75) is 50.0 Å². The maximum Gasteiger partial charge on any atom is 0.221 e. The Morgan fingerprint density at radius 2 is 2.00 bits per heavy atom. The van der Waals surface area contributed by atoms with Gasteiger partial charge in [0.25, 0.3) is 0 Å². The number of ether oxygens (including phenoxy) is 2. The molecule has 0 spiro atoms. The molecule has 0 aliphatic carbocycles. The van der Waals surface area contributed by atoms with Crippen LogP contribution in [0.3, 0.4) is 0 Å². The summed E-state index contributed by atoms with van der Waals surface area (Å²) in [6.07, 6.45) is 3.44. The molecule has 26 heavy (non-hydrogen) atoms. The fourth-order valence-electron chi connectivity index (χ4n) is 2.68. The molecule has 1 amide bonds. The van der Waals surface area contributed by atoms with Crippen molar-refractivity contribution in [3.63, 3.8) is 0 Å². The van der Waals surface area contributed by atoms with Gasteiger partial charge in [0.05, 0.1) is 23.9 Å². The molecule has 1 heterocycles. The molecule has 8 heteroatoms. The predicted molar refractivity (Wildman–Crippen MR) is 99.2 cm³/mol. The van der Waals surface area contributed by atoms with E-state index in [0.29, 0.717) is 31.3 Å². The topological polar surface area (TPSA) is 108 Å². The van der Waals surface area contributed by atoms with Gasteiger partial charge in [-0.15, -0.1) is 0 Å². The normalized spacial score (nSPS) is 15.2. The van der Waals surface area contributed by atoms with E-state index in [1.165, 1.54) is 12.1 Å². The molecular weight excluding hydrogens is 356 g/mol. The zero-order chi connectivity index (χ0) is 19.0. The Balaban J connectivity index is 1.96. The minimum atomic E-state index is -3.59. The lowest BCUT2D eigenvalue weighted by Gasteiger charge is -2.16. The van der Waals surface area contributed by atoms with E-state index in [4.69, 9.17) is 15.2 Å². The molecule has 1 aromatic carbocycles. The summed E-state index contributed by atoms with van der Waals surface area (Å²) in [4.78, 5) is 12.2. The highest BCUT2D eigenvalue weighted by molar-refractivity contribution is 7.91. The van der Waals surface area contributed by atoms with Crippen molar-refractivity contribution >= 4 is 15.7 Å². The van der Waals surface area contributed by atoms with E-state index in [2.05, 4.69) is 12.2 Å². The van der Waals surface area contributed by atoms with Crippen LogP contribution in [0.1, 0.15) is 39.0 Å². The first kappa shape index (κ1) is 20.5. The Kier molecular flexibility index (Phi) is 7.71. The maximum absolute atomic E-state index is 12.5. The Morgan fingerprint density at radius 3 is 2.69 bits per heavy atom. The molecule has 0 aromatic heterocycles. The molecule has 0 bridgehead atoms. The lowest BCUT2D eigenvalue weighted by molar-refractivity contribution is -0.121. The van der Waals surface area contributed by atoms with Crippen molar-refractivity contribution in [1.82, 2.24) is 5.32 Å². The molecule has 146 valence electrons. The Bertz CT molecular complexity index is 706. The smallest absolute Gasteiger partial charge is 0.221 e. The van der Waals surface area contributed by atoms with Gasteiger partial charge in [-0.2, -0.15) is 0 Å². The number of fused-ring (bicyclic) bond motifs is 1. The number of unbranched alkanes of at least 4 members (excludes halogenated alkanes) is 1. The summed E-state index contributed by atoms with van der Waals surface area (Å²) in [6.45, 7) is 3.44. The number of nitrogens with two attached hydrogens (primary N) is 1. The average molecular weight is 384 g/mol. The summed E-state index contributed by atoms with van der Waals surface area (Å²) in [6, 6.07) is 4.45. The van der Waals surface area contributed by atoms with E-state index in [0.717, 1.165) is 25.7 Å². The first-order valence-electron chi connectivity index (χ1n) is 9.08. The molecule has 1 aliphatic rings. The van der Waals surface area contributed by atoms with E-state index in [9.17, 15) is 13.2 Å². The zero-order valence-corrected chi connectivity index (χ0v) is 16.0. The second-order valence-corrected chi connectivity index (χ2v) is 8.48. The lowest BCUT2D eigenvalue weighted by atomic mass is 10.1. The van der Waals surface area contributed by atoms with Gasteiger partial charge in [0, 0.05) is 31.5 Å². The number of rotatable bonds is 9. The number of carbonyl (C=O) groups is 1. The van der Waals surface area contributed by atoms with Crippen LogP contribution in [-0.2, 0) is 14.6 Å². The molecule has 1 atom stereocenters. The zero-order valence-electron chi connectivity index (χ0n) is 15.2. The van der Waals surface area contributed by atoms with Crippen LogP contribution < -0.4 is 20.5 Å². The van der Waals surface area contributed by atoms with Crippen LogP contribution in [-0.4, -0.2) is 45.9 Å². The van der Waals surface area contributed by atoms with Gasteiger partial charge in [0.1, 0.15) is 0 Å². The Morgan fingerprint density at radius 1 is 1.27 bits per heavy atom. The van der Waals surface area contributed by atoms with Gasteiger partial charge in [-0.3, -0.25) is 4.79 Å². The number of sulfone groups is 1.